The average Bonchev–Trinajstić information content (AvgIpc) is 2.91. The molecule has 0 bridgehead atoms. The molecular weight excluding hydrogens is 268 g/mol. The van der Waals surface area contributed by atoms with Crippen molar-refractivity contribution in [2.75, 3.05) is 0 Å². The largest absolute Gasteiger partial charge is 0.309 e. The molecule has 0 saturated heterocycles. The Morgan fingerprint density at radius 3 is 2.65 bits per heavy atom. The molecule has 2 aromatic rings. The first-order chi connectivity index (χ1) is 9.27. The minimum Gasteiger partial charge on any atom is -0.309 e. The van der Waals surface area contributed by atoms with Crippen LogP contribution in [0.15, 0.2) is 11.6 Å². The Kier molecular flexibility index (Phi) is 4.30. The molecule has 0 spiro atoms. The number of aromatic nitrogens is 3. The van der Waals surface area contributed by atoms with Crippen LogP contribution in [-0.4, -0.2) is 20.8 Å². The number of hydrogen-bond acceptors (Lipinski definition) is 4. The molecule has 20 heavy (non-hydrogen) atoms. The molecule has 0 aromatic carbocycles. The second kappa shape index (κ2) is 5.66. The molecule has 5 heteroatoms. The summed E-state index contributed by atoms with van der Waals surface area (Å²) in [5.41, 5.74) is 3.39. The molecule has 110 valence electrons. The van der Waals surface area contributed by atoms with Crippen molar-refractivity contribution in [1.29, 1.82) is 0 Å². The third-order valence-electron chi connectivity index (χ3n) is 3.01. The summed E-state index contributed by atoms with van der Waals surface area (Å²) in [6, 6.07) is 0.476. The lowest BCUT2D eigenvalue weighted by Crippen LogP contribution is -2.21. The standard InChI is InChI=1S/C15H24N4S/c1-10(2)16-7-11-9-20-14(17-11)12-8-19(6)18-13(12)15(3,4)5/h8-10,16H,7H2,1-6H3. The highest BCUT2D eigenvalue weighted by Gasteiger charge is 2.24. The molecule has 0 aliphatic rings. The summed E-state index contributed by atoms with van der Waals surface area (Å²) in [6.45, 7) is 11.7. The Labute approximate surface area is 125 Å². The highest BCUT2D eigenvalue weighted by molar-refractivity contribution is 7.13. The lowest BCUT2D eigenvalue weighted by molar-refractivity contribution is 0.554. The fourth-order valence-corrected chi connectivity index (χ4v) is 2.85. The van der Waals surface area contributed by atoms with Gasteiger partial charge in [-0.2, -0.15) is 5.10 Å². The van der Waals surface area contributed by atoms with Crippen LogP contribution >= 0.6 is 11.3 Å². The van der Waals surface area contributed by atoms with Crippen molar-refractivity contribution in [3.8, 4) is 10.6 Å². The van der Waals surface area contributed by atoms with Crippen molar-refractivity contribution in [3.63, 3.8) is 0 Å². The molecular formula is C15H24N4S. The fraction of sp³-hybridized carbons (Fsp3) is 0.600. The SMILES string of the molecule is CC(C)NCc1csc(-c2cn(C)nc2C(C)(C)C)n1. The number of thiazole rings is 1. The molecule has 0 aliphatic heterocycles. The molecule has 0 amide bonds. The van der Waals surface area contributed by atoms with E-state index in [0.29, 0.717) is 6.04 Å². The molecule has 0 unspecified atom stereocenters. The average molecular weight is 292 g/mol. The van der Waals surface area contributed by atoms with Crippen LogP contribution in [0, 0.1) is 0 Å². The van der Waals surface area contributed by atoms with E-state index in [1.165, 1.54) is 0 Å². The predicted octanol–water partition coefficient (Wildman–Crippen LogP) is 3.34. The van der Waals surface area contributed by atoms with Gasteiger partial charge in [0.1, 0.15) is 5.01 Å². The number of hydrogen-bond donors (Lipinski definition) is 1. The van der Waals surface area contributed by atoms with Crippen LogP contribution in [0.5, 0.6) is 0 Å². The lowest BCUT2D eigenvalue weighted by atomic mass is 9.90. The Morgan fingerprint density at radius 1 is 1.35 bits per heavy atom. The van der Waals surface area contributed by atoms with Crippen LogP contribution in [0.25, 0.3) is 10.6 Å². The third kappa shape index (κ3) is 3.46. The van der Waals surface area contributed by atoms with E-state index in [4.69, 9.17) is 4.98 Å². The van der Waals surface area contributed by atoms with E-state index in [0.717, 1.165) is 28.5 Å². The van der Waals surface area contributed by atoms with Gasteiger partial charge in [0.25, 0.3) is 0 Å². The molecule has 0 radical (unpaired) electrons. The van der Waals surface area contributed by atoms with Gasteiger partial charge in [-0.05, 0) is 0 Å². The van der Waals surface area contributed by atoms with Crippen molar-refractivity contribution < 1.29 is 0 Å². The maximum atomic E-state index is 4.74. The minimum atomic E-state index is 0.0264. The van der Waals surface area contributed by atoms with Crippen molar-refractivity contribution in [2.24, 2.45) is 7.05 Å². The molecule has 0 aliphatic carbocycles. The molecule has 4 nitrogen and oxygen atoms in total. The van der Waals surface area contributed by atoms with E-state index in [2.05, 4.69) is 56.6 Å². The summed E-state index contributed by atoms with van der Waals surface area (Å²) in [7, 11) is 1.97. The maximum Gasteiger partial charge on any atom is 0.127 e. The zero-order valence-electron chi connectivity index (χ0n) is 13.2. The second-order valence-corrected chi connectivity index (χ2v) is 7.35. The van der Waals surface area contributed by atoms with E-state index >= 15 is 0 Å². The fourth-order valence-electron chi connectivity index (χ4n) is 2.02. The highest BCUT2D eigenvalue weighted by Crippen LogP contribution is 2.33. The summed E-state index contributed by atoms with van der Waals surface area (Å²) in [6.07, 6.45) is 2.07. The minimum absolute atomic E-state index is 0.0264. The van der Waals surface area contributed by atoms with Gasteiger partial charge >= 0.3 is 0 Å². The summed E-state index contributed by atoms with van der Waals surface area (Å²) in [5, 5.41) is 11.2. The van der Waals surface area contributed by atoms with E-state index in [-0.39, 0.29) is 5.41 Å². The smallest absolute Gasteiger partial charge is 0.127 e. The summed E-state index contributed by atoms with van der Waals surface area (Å²) in [4.78, 5) is 4.74. The van der Waals surface area contributed by atoms with E-state index < -0.39 is 0 Å². The summed E-state index contributed by atoms with van der Waals surface area (Å²) >= 11 is 1.69. The van der Waals surface area contributed by atoms with E-state index in [9.17, 15) is 0 Å². The van der Waals surface area contributed by atoms with Crippen LogP contribution in [0.1, 0.15) is 46.0 Å². The Bertz CT molecular complexity index is 575. The third-order valence-corrected chi connectivity index (χ3v) is 3.94. The van der Waals surface area contributed by atoms with Gasteiger partial charge < -0.3 is 5.32 Å². The van der Waals surface area contributed by atoms with Crippen LogP contribution in [-0.2, 0) is 19.0 Å². The number of nitrogens with zero attached hydrogens (tertiary/aromatic N) is 3. The normalized spacial score (nSPS) is 12.3. The van der Waals surface area contributed by atoms with Gasteiger partial charge in [-0.1, -0.05) is 34.6 Å². The first-order valence-electron chi connectivity index (χ1n) is 6.99. The first-order valence-corrected chi connectivity index (χ1v) is 7.87. The van der Waals surface area contributed by atoms with Crippen molar-refractivity contribution >= 4 is 11.3 Å². The highest BCUT2D eigenvalue weighted by atomic mass is 32.1. The number of nitrogens with one attached hydrogen (secondary N) is 1. The Hall–Kier alpha value is -1.20. The molecule has 1 N–H and O–H groups in total. The quantitative estimate of drug-likeness (QED) is 0.940. The number of aryl methyl sites for hydroxylation is 1. The molecule has 0 fully saturated rings. The van der Waals surface area contributed by atoms with Crippen molar-refractivity contribution in [2.45, 2.75) is 52.6 Å². The van der Waals surface area contributed by atoms with Gasteiger partial charge in [-0.15, -0.1) is 11.3 Å². The Balaban J connectivity index is 2.28. The predicted molar refractivity (Wildman–Crippen MR) is 85.0 cm³/mol. The summed E-state index contributed by atoms with van der Waals surface area (Å²) in [5.74, 6) is 0. The van der Waals surface area contributed by atoms with Crippen molar-refractivity contribution in [3.05, 3.63) is 23.0 Å². The zero-order chi connectivity index (χ0) is 14.9. The topological polar surface area (TPSA) is 42.7 Å². The molecule has 2 rings (SSSR count). The van der Waals surface area contributed by atoms with Gasteiger partial charge in [0.15, 0.2) is 0 Å². The second-order valence-electron chi connectivity index (χ2n) is 6.49. The lowest BCUT2D eigenvalue weighted by Gasteiger charge is -2.16. The van der Waals surface area contributed by atoms with Crippen LogP contribution in [0.4, 0.5) is 0 Å². The zero-order valence-corrected chi connectivity index (χ0v) is 14.0. The number of rotatable bonds is 4. The van der Waals surface area contributed by atoms with Crippen LogP contribution in [0.2, 0.25) is 0 Å². The van der Waals surface area contributed by atoms with Gasteiger partial charge in [0.2, 0.25) is 0 Å². The van der Waals surface area contributed by atoms with Gasteiger partial charge in [0, 0.05) is 36.6 Å². The van der Waals surface area contributed by atoms with Gasteiger partial charge in [0.05, 0.1) is 17.0 Å². The van der Waals surface area contributed by atoms with E-state index in [1.54, 1.807) is 11.3 Å². The molecule has 2 heterocycles. The first kappa shape index (κ1) is 15.2. The van der Waals surface area contributed by atoms with Crippen LogP contribution in [0.3, 0.4) is 0 Å². The Morgan fingerprint density at radius 2 is 2.05 bits per heavy atom. The summed E-state index contributed by atoms with van der Waals surface area (Å²) < 4.78 is 1.88. The maximum absolute atomic E-state index is 4.74. The van der Waals surface area contributed by atoms with Crippen LogP contribution < -0.4 is 5.32 Å². The van der Waals surface area contributed by atoms with E-state index in [1.807, 2.05) is 11.7 Å². The van der Waals surface area contributed by atoms with Gasteiger partial charge in [-0.25, -0.2) is 4.98 Å². The van der Waals surface area contributed by atoms with Gasteiger partial charge in [-0.3, -0.25) is 4.68 Å². The molecule has 0 saturated carbocycles. The molecule has 0 atom stereocenters. The van der Waals surface area contributed by atoms with Crippen molar-refractivity contribution in [1.82, 2.24) is 20.1 Å². The molecule has 2 aromatic heterocycles. The monoisotopic (exact) mass is 292 g/mol.